The molecule has 4 aliphatic heterocycles. The SMILES string of the molecule is CC1CNN(c2cc(Nc3ccc(/C=N/Nc4ncc(F)c(N5CCOC(C6CC(C)NN6c6cc(Nc7ccc(/C=N/Nc8ncc(F)c(N9CCOCC9)n8)nc7)cc(C(F)(F)F)c6)C5)n4)nc3)cc(C(F)(F)F)c2)C1. The molecule has 6 N–H and O–H groups in total. The van der Waals surface area contributed by atoms with Crippen LogP contribution in [0, 0.1) is 17.6 Å². The van der Waals surface area contributed by atoms with Crippen molar-refractivity contribution in [2.45, 2.75) is 50.8 Å². The minimum Gasteiger partial charge on any atom is -0.378 e. The molecule has 0 radical (unpaired) electrons. The van der Waals surface area contributed by atoms with E-state index in [0.29, 0.717) is 74.3 Å². The average molecular weight is 1090 g/mol. The number of benzene rings is 2. The summed E-state index contributed by atoms with van der Waals surface area (Å²) in [5, 5.41) is 17.6. The van der Waals surface area contributed by atoms with Crippen LogP contribution in [0.15, 0.2) is 95.7 Å². The van der Waals surface area contributed by atoms with Crippen molar-refractivity contribution in [1.29, 1.82) is 0 Å². The van der Waals surface area contributed by atoms with Gasteiger partial charge in [0.2, 0.25) is 11.9 Å². The topological polar surface area (TPSA) is 206 Å². The van der Waals surface area contributed by atoms with Crippen molar-refractivity contribution >= 4 is 70.1 Å². The number of hydrogen-bond donors (Lipinski definition) is 6. The molecule has 4 saturated heterocycles. The molecule has 10 rings (SSSR count). The maximum absolute atomic E-state index is 15.5. The van der Waals surface area contributed by atoms with Gasteiger partial charge in [-0.15, -0.1) is 0 Å². The van der Waals surface area contributed by atoms with E-state index >= 15 is 4.39 Å². The number of nitrogens with one attached hydrogen (secondary N) is 6. The quantitative estimate of drug-likeness (QED) is 0.0328. The van der Waals surface area contributed by atoms with Gasteiger partial charge in [0, 0.05) is 56.7 Å². The van der Waals surface area contributed by atoms with Gasteiger partial charge in [-0.25, -0.2) is 40.5 Å². The zero-order valence-corrected chi connectivity index (χ0v) is 41.8. The Balaban J connectivity index is 0.775. The fourth-order valence-corrected chi connectivity index (χ4v) is 9.23. The summed E-state index contributed by atoms with van der Waals surface area (Å²) >= 11 is 0. The largest absolute Gasteiger partial charge is 0.416 e. The molecule has 4 atom stereocenters. The zero-order valence-electron chi connectivity index (χ0n) is 41.8. The van der Waals surface area contributed by atoms with E-state index in [0.717, 1.165) is 36.7 Å². The average Bonchev–Trinajstić information content (AvgIpc) is 4.06. The van der Waals surface area contributed by atoms with E-state index in [-0.39, 0.29) is 72.3 Å². The number of hydrazone groups is 2. The highest BCUT2D eigenvalue weighted by atomic mass is 19.4. The van der Waals surface area contributed by atoms with Crippen LogP contribution in [0.2, 0.25) is 0 Å². The molecule has 28 heteroatoms. The lowest BCUT2D eigenvalue weighted by molar-refractivity contribution is -0.138. The summed E-state index contributed by atoms with van der Waals surface area (Å²) < 4.78 is 127. The first-order valence-electron chi connectivity index (χ1n) is 24.8. The van der Waals surface area contributed by atoms with E-state index in [2.05, 4.69) is 72.4 Å². The first-order chi connectivity index (χ1) is 37.5. The fraction of sp³-hybridized carbons (Fsp3) is 0.360. The summed E-state index contributed by atoms with van der Waals surface area (Å²) in [6.45, 7) is 7.47. The first kappa shape index (κ1) is 53.3. The number of anilines is 10. The van der Waals surface area contributed by atoms with Crippen LogP contribution < -0.4 is 52.2 Å². The summed E-state index contributed by atoms with van der Waals surface area (Å²) in [4.78, 5) is 28.7. The van der Waals surface area contributed by atoms with Crippen molar-refractivity contribution in [3.05, 3.63) is 120 Å². The van der Waals surface area contributed by atoms with Crippen LogP contribution in [0.5, 0.6) is 0 Å². The fourth-order valence-electron chi connectivity index (χ4n) is 9.23. The van der Waals surface area contributed by atoms with Gasteiger partial charge < -0.3 is 39.9 Å². The van der Waals surface area contributed by atoms with E-state index < -0.39 is 47.3 Å². The maximum atomic E-state index is 15.5. The van der Waals surface area contributed by atoms with Crippen molar-refractivity contribution in [1.82, 2.24) is 40.8 Å². The minimum atomic E-state index is -4.71. The molecule has 0 bridgehead atoms. The molecule has 4 aliphatic rings. The van der Waals surface area contributed by atoms with E-state index in [9.17, 15) is 30.7 Å². The standard InChI is InChI=1S/C50H52F8N18O2/c1-29-20-65-75(27-29)39-16-31(49(53,54)55)14-37(18-39)66-35-5-3-33(59-21-35)24-64-71-48-62-26-42(52)46(69-48)74-9-12-78-44(28-74)43-13-30(2)72-76(43)40-17-32(50(56,57)58)15-38(19-40)67-36-6-4-34(60-22-36)23-63-70-47-61-25-41(51)45(68-47)73-7-10-77-11-8-73/h3-6,14-19,21-26,29-30,43-44,65-67,72H,7-13,20,27-28H2,1-2H3,(H,61,68,70)(H,62,69,71)/b63-23+,64-24+. The smallest absolute Gasteiger partial charge is 0.378 e. The molecule has 6 aromatic rings. The van der Waals surface area contributed by atoms with Crippen molar-refractivity contribution in [2.75, 3.05) is 100 Å². The monoisotopic (exact) mass is 1090 g/mol. The van der Waals surface area contributed by atoms with Gasteiger partial charge in [0.25, 0.3) is 0 Å². The van der Waals surface area contributed by atoms with Crippen LogP contribution in [0.3, 0.4) is 0 Å². The Kier molecular flexibility index (Phi) is 15.6. The number of halogens is 8. The van der Waals surface area contributed by atoms with Crippen LogP contribution in [0.4, 0.5) is 92.8 Å². The van der Waals surface area contributed by atoms with Gasteiger partial charge in [-0.2, -0.15) is 46.5 Å². The van der Waals surface area contributed by atoms with Crippen molar-refractivity contribution in [3.8, 4) is 0 Å². The van der Waals surface area contributed by atoms with Crippen molar-refractivity contribution < 1.29 is 44.6 Å². The molecule has 8 heterocycles. The summed E-state index contributed by atoms with van der Waals surface area (Å²) in [7, 11) is 0. The molecule has 4 fully saturated rings. The molecule has 0 saturated carbocycles. The third-order valence-electron chi connectivity index (χ3n) is 12.9. The second-order valence-electron chi connectivity index (χ2n) is 18.9. The number of hydrazine groups is 2. The summed E-state index contributed by atoms with van der Waals surface area (Å²) in [5.41, 5.74) is 12.6. The number of hydrogen-bond acceptors (Lipinski definition) is 20. The van der Waals surface area contributed by atoms with Crippen LogP contribution >= 0.6 is 0 Å². The summed E-state index contributed by atoms with van der Waals surface area (Å²) in [5.74, 6) is -0.931. The van der Waals surface area contributed by atoms with Gasteiger partial charge in [-0.3, -0.25) is 9.97 Å². The summed E-state index contributed by atoms with van der Waals surface area (Å²) in [6, 6.07) is 13.2. The lowest BCUT2D eigenvalue weighted by atomic mass is 10.0. The highest BCUT2D eigenvalue weighted by Crippen LogP contribution is 2.39. The highest BCUT2D eigenvalue weighted by molar-refractivity contribution is 5.79. The van der Waals surface area contributed by atoms with Crippen LogP contribution in [-0.2, 0) is 21.8 Å². The van der Waals surface area contributed by atoms with Gasteiger partial charge >= 0.3 is 12.4 Å². The molecule has 4 unspecified atom stereocenters. The third kappa shape index (κ3) is 13.0. The Bertz CT molecular complexity index is 3110. The molecule has 78 heavy (non-hydrogen) atoms. The predicted molar refractivity (Wildman–Crippen MR) is 277 cm³/mol. The number of morpholine rings is 2. The Morgan fingerprint density at radius 3 is 1.73 bits per heavy atom. The molecular weight excluding hydrogens is 1040 g/mol. The second kappa shape index (κ2) is 22.9. The molecule has 4 aromatic heterocycles. The number of pyridine rings is 2. The molecule has 0 amide bonds. The van der Waals surface area contributed by atoms with E-state index in [4.69, 9.17) is 9.47 Å². The number of rotatable bonds is 15. The van der Waals surface area contributed by atoms with Crippen molar-refractivity contribution in [2.24, 2.45) is 16.1 Å². The normalized spacial score (nSPS) is 20.3. The lowest BCUT2D eigenvalue weighted by Crippen LogP contribution is -2.53. The molecule has 2 aromatic carbocycles. The molecule has 0 aliphatic carbocycles. The van der Waals surface area contributed by atoms with Gasteiger partial charge in [0.1, 0.15) is 0 Å². The van der Waals surface area contributed by atoms with E-state index in [1.165, 1.54) is 24.8 Å². The molecule has 0 spiro atoms. The third-order valence-corrected chi connectivity index (χ3v) is 12.9. The number of ether oxygens (including phenoxy) is 2. The Hall–Kier alpha value is -8.08. The zero-order chi connectivity index (χ0) is 54.6. The van der Waals surface area contributed by atoms with E-state index in [1.807, 2.05) is 13.8 Å². The predicted octanol–water partition coefficient (Wildman–Crippen LogP) is 7.93. The number of nitrogens with zero attached hydrogens (tertiary/aromatic N) is 12. The molecule has 410 valence electrons. The molecule has 20 nitrogen and oxygen atoms in total. The Morgan fingerprint density at radius 1 is 0.641 bits per heavy atom. The number of alkyl halides is 6. The van der Waals surface area contributed by atoms with Crippen LogP contribution in [-0.4, -0.2) is 120 Å². The minimum absolute atomic E-state index is 0.0433. The Labute approximate surface area is 441 Å². The number of aromatic nitrogens is 6. The summed E-state index contributed by atoms with van der Waals surface area (Å²) in [6.07, 6.45) is -1.75. The van der Waals surface area contributed by atoms with Gasteiger partial charge in [-0.1, -0.05) is 6.92 Å². The van der Waals surface area contributed by atoms with Gasteiger partial charge in [0.15, 0.2) is 23.3 Å². The van der Waals surface area contributed by atoms with Crippen LogP contribution in [0.25, 0.3) is 0 Å². The van der Waals surface area contributed by atoms with E-state index in [1.54, 1.807) is 56.2 Å². The van der Waals surface area contributed by atoms with Gasteiger partial charge in [-0.05, 0) is 79.9 Å². The highest BCUT2D eigenvalue weighted by Gasteiger charge is 2.41. The van der Waals surface area contributed by atoms with Crippen molar-refractivity contribution in [3.63, 3.8) is 0 Å². The maximum Gasteiger partial charge on any atom is 0.416 e. The first-order valence-corrected chi connectivity index (χ1v) is 24.8. The van der Waals surface area contributed by atoms with Crippen LogP contribution in [0.1, 0.15) is 42.8 Å². The second-order valence-corrected chi connectivity index (χ2v) is 18.9. The molecular formula is C50H52F8N18O2. The lowest BCUT2D eigenvalue weighted by Gasteiger charge is -2.39. The Morgan fingerprint density at radius 2 is 1.19 bits per heavy atom. The van der Waals surface area contributed by atoms with Gasteiger partial charge in [0.05, 0.1) is 114 Å².